The number of benzene rings is 1. The summed E-state index contributed by atoms with van der Waals surface area (Å²) in [6.07, 6.45) is 0.602. The van der Waals surface area contributed by atoms with Crippen LogP contribution in [-0.4, -0.2) is 14.2 Å². The molecule has 0 saturated heterocycles. The summed E-state index contributed by atoms with van der Waals surface area (Å²) in [7, 11) is -3.20. The van der Waals surface area contributed by atoms with E-state index in [2.05, 4.69) is 11.2 Å². The molecule has 3 heteroatoms. The van der Waals surface area contributed by atoms with E-state index in [4.69, 9.17) is 0 Å². The van der Waals surface area contributed by atoms with Crippen LogP contribution in [0.3, 0.4) is 0 Å². The molecule has 0 aliphatic rings. The molecule has 0 aliphatic carbocycles. The first-order valence-corrected chi connectivity index (χ1v) is 6.51. The highest BCUT2D eigenvalue weighted by Crippen LogP contribution is 2.01. The fourth-order valence-electron chi connectivity index (χ4n) is 1.09. The minimum absolute atomic E-state index is 0.131. The van der Waals surface area contributed by atoms with Crippen LogP contribution in [-0.2, 0) is 9.84 Å². The van der Waals surface area contributed by atoms with Gasteiger partial charge in [-0.05, 0) is 25.5 Å². The summed E-state index contributed by atoms with van der Waals surface area (Å²) in [6, 6.07) is 7.47. The normalized spacial score (nSPS) is 10.5. The van der Waals surface area contributed by atoms with Gasteiger partial charge in [0.05, 0.1) is 5.75 Å². The molecule has 0 aliphatic heterocycles. The van der Waals surface area contributed by atoms with Crippen molar-refractivity contribution in [3.05, 3.63) is 35.4 Å². The largest absolute Gasteiger partial charge is 0.217 e. The molecule has 0 spiro atoms. The van der Waals surface area contributed by atoms with E-state index in [1.807, 2.05) is 38.1 Å². The quantitative estimate of drug-likeness (QED) is 0.718. The topological polar surface area (TPSA) is 34.1 Å². The maximum absolute atomic E-state index is 11.3. The van der Waals surface area contributed by atoms with E-state index in [1.54, 1.807) is 0 Å². The van der Waals surface area contributed by atoms with Crippen molar-refractivity contribution in [1.29, 1.82) is 0 Å². The minimum Gasteiger partial charge on any atom is -0.215 e. The maximum atomic E-state index is 11.3. The molecule has 0 aromatic heterocycles. The van der Waals surface area contributed by atoms with Crippen LogP contribution in [0, 0.1) is 18.1 Å². The van der Waals surface area contributed by atoms with Crippen molar-refractivity contribution in [3.63, 3.8) is 0 Å². The van der Waals surface area contributed by atoms with Gasteiger partial charge in [0.2, 0.25) is 9.84 Å². The molecule has 2 nitrogen and oxygen atoms in total. The number of sulfone groups is 1. The van der Waals surface area contributed by atoms with Crippen LogP contribution in [0.2, 0.25) is 0 Å². The van der Waals surface area contributed by atoms with Crippen molar-refractivity contribution in [2.45, 2.75) is 20.3 Å². The van der Waals surface area contributed by atoms with Crippen LogP contribution in [0.15, 0.2) is 24.3 Å². The van der Waals surface area contributed by atoms with E-state index in [1.165, 1.54) is 0 Å². The van der Waals surface area contributed by atoms with Gasteiger partial charge in [-0.3, -0.25) is 0 Å². The number of rotatable bonds is 2. The Bertz CT molecular complexity index is 473. The van der Waals surface area contributed by atoms with Crippen molar-refractivity contribution < 1.29 is 8.42 Å². The number of aryl methyl sites for hydroxylation is 1. The molecule has 80 valence electrons. The predicted octanol–water partition coefficient (Wildman–Crippen LogP) is 2.13. The zero-order chi connectivity index (χ0) is 11.3. The van der Waals surface area contributed by atoms with Crippen LogP contribution < -0.4 is 0 Å². The van der Waals surface area contributed by atoms with Crippen molar-refractivity contribution in [2.24, 2.45) is 0 Å². The summed E-state index contributed by atoms with van der Waals surface area (Å²) in [6.45, 7) is 3.80. The molecule has 0 unspecified atom stereocenters. The highest BCUT2D eigenvalue weighted by molar-refractivity contribution is 7.96. The van der Waals surface area contributed by atoms with Gasteiger partial charge in [-0.25, -0.2) is 8.42 Å². The van der Waals surface area contributed by atoms with Gasteiger partial charge in [-0.2, -0.15) is 0 Å². The number of hydrogen-bond acceptors (Lipinski definition) is 2. The summed E-state index contributed by atoms with van der Waals surface area (Å²) in [5, 5.41) is 2.32. The molecular formula is C12H14O2S. The molecule has 0 amide bonds. The van der Waals surface area contributed by atoms with E-state index in [-0.39, 0.29) is 5.75 Å². The Morgan fingerprint density at radius 3 is 2.33 bits per heavy atom. The summed E-state index contributed by atoms with van der Waals surface area (Å²) in [5.74, 6) is 2.79. The molecule has 0 N–H and O–H groups in total. The third kappa shape index (κ3) is 4.18. The standard InChI is InChI=1S/C12H14O2S/c1-3-9-15(13,14)10-8-12-6-4-11(2)5-7-12/h4-7H,3,9H2,1-2H3. The van der Waals surface area contributed by atoms with Gasteiger partial charge in [0, 0.05) is 10.8 Å². The summed E-state index contributed by atoms with van der Waals surface area (Å²) in [4.78, 5) is 0. The van der Waals surface area contributed by atoms with Gasteiger partial charge >= 0.3 is 0 Å². The first-order valence-electron chi connectivity index (χ1n) is 4.85. The van der Waals surface area contributed by atoms with E-state index >= 15 is 0 Å². The molecule has 0 heterocycles. The smallest absolute Gasteiger partial charge is 0.215 e. The zero-order valence-electron chi connectivity index (χ0n) is 8.95. The molecule has 1 rings (SSSR count). The van der Waals surface area contributed by atoms with Crippen LogP contribution >= 0.6 is 0 Å². The average Bonchev–Trinajstić information content (AvgIpc) is 2.17. The Morgan fingerprint density at radius 1 is 1.20 bits per heavy atom. The molecule has 0 radical (unpaired) electrons. The first kappa shape index (κ1) is 11.8. The van der Waals surface area contributed by atoms with Gasteiger partial charge < -0.3 is 0 Å². The van der Waals surface area contributed by atoms with Crippen LogP contribution in [0.5, 0.6) is 0 Å². The lowest BCUT2D eigenvalue weighted by Crippen LogP contribution is -2.00. The first-order chi connectivity index (χ1) is 7.03. The van der Waals surface area contributed by atoms with E-state index in [0.717, 1.165) is 11.1 Å². The average molecular weight is 222 g/mol. The van der Waals surface area contributed by atoms with Crippen LogP contribution in [0.25, 0.3) is 0 Å². The SMILES string of the molecule is CCCS(=O)(=O)C#Cc1ccc(C)cc1. The molecule has 0 saturated carbocycles. The Kier molecular flexibility index (Phi) is 3.93. The predicted molar refractivity (Wildman–Crippen MR) is 62.1 cm³/mol. The lowest BCUT2D eigenvalue weighted by atomic mass is 10.2. The summed E-state index contributed by atoms with van der Waals surface area (Å²) in [5.41, 5.74) is 1.87. The van der Waals surface area contributed by atoms with Gasteiger partial charge in [-0.1, -0.05) is 30.5 Å². The molecule has 15 heavy (non-hydrogen) atoms. The zero-order valence-corrected chi connectivity index (χ0v) is 9.76. The molecule has 1 aromatic rings. The third-order valence-electron chi connectivity index (χ3n) is 1.88. The molecule has 0 fully saturated rings. The van der Waals surface area contributed by atoms with Crippen molar-refractivity contribution in [1.82, 2.24) is 0 Å². The molecule has 1 aromatic carbocycles. The van der Waals surface area contributed by atoms with Crippen LogP contribution in [0.4, 0.5) is 0 Å². The monoisotopic (exact) mass is 222 g/mol. The summed E-state index contributed by atoms with van der Waals surface area (Å²) < 4.78 is 22.6. The Hall–Kier alpha value is -1.27. The fraction of sp³-hybridized carbons (Fsp3) is 0.333. The van der Waals surface area contributed by atoms with Crippen molar-refractivity contribution in [2.75, 3.05) is 5.75 Å². The van der Waals surface area contributed by atoms with Crippen LogP contribution in [0.1, 0.15) is 24.5 Å². The third-order valence-corrected chi connectivity index (χ3v) is 3.23. The van der Waals surface area contributed by atoms with E-state index in [0.29, 0.717) is 6.42 Å². The van der Waals surface area contributed by atoms with Crippen molar-refractivity contribution >= 4 is 9.84 Å². The highest BCUT2D eigenvalue weighted by Gasteiger charge is 2.02. The number of hydrogen-bond donors (Lipinski definition) is 0. The minimum atomic E-state index is -3.20. The van der Waals surface area contributed by atoms with Gasteiger partial charge in [0.1, 0.15) is 0 Å². The second-order valence-electron chi connectivity index (χ2n) is 3.41. The molecule has 0 bridgehead atoms. The maximum Gasteiger partial charge on any atom is 0.217 e. The Labute approximate surface area is 91.2 Å². The lowest BCUT2D eigenvalue weighted by Gasteiger charge is -1.92. The Balaban J connectivity index is 2.87. The van der Waals surface area contributed by atoms with E-state index in [9.17, 15) is 8.42 Å². The van der Waals surface area contributed by atoms with Gasteiger partial charge in [0.15, 0.2) is 0 Å². The Morgan fingerprint density at radius 2 is 1.80 bits per heavy atom. The summed E-state index contributed by atoms with van der Waals surface area (Å²) >= 11 is 0. The molecular weight excluding hydrogens is 208 g/mol. The highest BCUT2D eigenvalue weighted by atomic mass is 32.2. The molecule has 0 atom stereocenters. The fourth-order valence-corrected chi connectivity index (χ4v) is 2.01. The lowest BCUT2D eigenvalue weighted by molar-refractivity contribution is 0.605. The van der Waals surface area contributed by atoms with Crippen molar-refractivity contribution in [3.8, 4) is 11.2 Å². The van der Waals surface area contributed by atoms with E-state index < -0.39 is 9.84 Å². The van der Waals surface area contributed by atoms with Gasteiger partial charge in [-0.15, -0.1) is 0 Å². The van der Waals surface area contributed by atoms with Gasteiger partial charge in [0.25, 0.3) is 0 Å². The second kappa shape index (κ2) is 4.99. The second-order valence-corrected chi connectivity index (χ2v) is 5.25.